The first-order valence-corrected chi connectivity index (χ1v) is 9.29. The predicted octanol–water partition coefficient (Wildman–Crippen LogP) is 2.24. The molecule has 0 bridgehead atoms. The van der Waals surface area contributed by atoms with Gasteiger partial charge in [0.2, 0.25) is 5.91 Å². The molecule has 1 saturated heterocycles. The Labute approximate surface area is 149 Å². The Morgan fingerprint density at radius 1 is 1.36 bits per heavy atom. The van der Waals surface area contributed by atoms with Crippen molar-refractivity contribution in [3.05, 3.63) is 23.9 Å². The number of carbonyl (C=O) groups excluding carboxylic acids is 2. The van der Waals surface area contributed by atoms with Gasteiger partial charge in [-0.05, 0) is 37.3 Å². The van der Waals surface area contributed by atoms with E-state index in [0.29, 0.717) is 11.5 Å². The fourth-order valence-electron chi connectivity index (χ4n) is 4.10. The van der Waals surface area contributed by atoms with E-state index in [4.69, 9.17) is 5.73 Å². The van der Waals surface area contributed by atoms with E-state index >= 15 is 0 Å². The lowest BCUT2D eigenvalue weighted by molar-refractivity contribution is -0.119. The average Bonchev–Trinajstić information content (AvgIpc) is 3.01. The minimum absolute atomic E-state index is 0.140. The van der Waals surface area contributed by atoms with Crippen molar-refractivity contribution in [3.63, 3.8) is 0 Å². The van der Waals surface area contributed by atoms with Crippen LogP contribution in [0.15, 0.2) is 18.3 Å². The van der Waals surface area contributed by atoms with Crippen LogP contribution in [0.4, 0.5) is 5.82 Å². The summed E-state index contributed by atoms with van der Waals surface area (Å²) in [6.07, 6.45) is 7.84. The molecular weight excluding hydrogens is 316 g/mol. The van der Waals surface area contributed by atoms with Gasteiger partial charge in [-0.15, -0.1) is 0 Å². The summed E-state index contributed by atoms with van der Waals surface area (Å²) in [6.45, 7) is 4.18. The first-order chi connectivity index (χ1) is 12.0. The molecule has 0 spiro atoms. The van der Waals surface area contributed by atoms with Crippen molar-refractivity contribution in [3.8, 4) is 0 Å². The van der Waals surface area contributed by atoms with E-state index in [2.05, 4.69) is 22.1 Å². The SMILES string of the molecule is CC1CCN(c2cc(C(=O)NC3(CC(N)=O)CCCCC3)ccn2)C1. The number of anilines is 1. The quantitative estimate of drug-likeness (QED) is 0.857. The zero-order chi connectivity index (χ0) is 17.9. The molecule has 2 aliphatic rings. The maximum Gasteiger partial charge on any atom is 0.251 e. The number of nitrogens with one attached hydrogen (secondary N) is 1. The van der Waals surface area contributed by atoms with E-state index in [1.807, 2.05) is 6.07 Å². The number of primary amides is 1. The lowest BCUT2D eigenvalue weighted by atomic mass is 9.79. The molecule has 25 heavy (non-hydrogen) atoms. The molecule has 1 aliphatic heterocycles. The molecular formula is C19H28N4O2. The number of nitrogens with two attached hydrogens (primary N) is 1. The van der Waals surface area contributed by atoms with Gasteiger partial charge in [0, 0.05) is 36.8 Å². The molecule has 2 heterocycles. The summed E-state index contributed by atoms with van der Waals surface area (Å²) in [4.78, 5) is 31.0. The van der Waals surface area contributed by atoms with Crippen molar-refractivity contribution in [2.24, 2.45) is 11.7 Å². The second kappa shape index (κ2) is 7.42. The number of hydrogen-bond acceptors (Lipinski definition) is 4. The van der Waals surface area contributed by atoms with E-state index in [-0.39, 0.29) is 18.2 Å². The molecule has 6 nitrogen and oxygen atoms in total. The molecule has 1 aromatic heterocycles. The van der Waals surface area contributed by atoms with Crippen molar-refractivity contribution in [2.75, 3.05) is 18.0 Å². The Morgan fingerprint density at radius 3 is 2.76 bits per heavy atom. The Balaban J connectivity index is 1.74. The van der Waals surface area contributed by atoms with Crippen molar-refractivity contribution in [1.29, 1.82) is 0 Å². The van der Waals surface area contributed by atoms with Crippen molar-refractivity contribution >= 4 is 17.6 Å². The van der Waals surface area contributed by atoms with Crippen molar-refractivity contribution in [1.82, 2.24) is 10.3 Å². The predicted molar refractivity (Wildman–Crippen MR) is 97.3 cm³/mol. The van der Waals surface area contributed by atoms with E-state index in [1.165, 1.54) is 0 Å². The lowest BCUT2D eigenvalue weighted by Crippen LogP contribution is -2.52. The molecule has 2 fully saturated rings. The van der Waals surface area contributed by atoms with Crippen LogP contribution < -0.4 is 16.0 Å². The topological polar surface area (TPSA) is 88.3 Å². The highest BCUT2D eigenvalue weighted by Gasteiger charge is 2.35. The highest BCUT2D eigenvalue weighted by atomic mass is 16.2. The van der Waals surface area contributed by atoms with Crippen LogP contribution in [0.1, 0.15) is 62.2 Å². The third kappa shape index (κ3) is 4.30. The molecule has 6 heteroatoms. The first-order valence-electron chi connectivity index (χ1n) is 9.29. The molecule has 0 radical (unpaired) electrons. The van der Waals surface area contributed by atoms with E-state index in [9.17, 15) is 9.59 Å². The van der Waals surface area contributed by atoms with Gasteiger partial charge in [-0.25, -0.2) is 4.98 Å². The number of aromatic nitrogens is 1. The third-order valence-electron chi connectivity index (χ3n) is 5.46. The molecule has 1 saturated carbocycles. The molecule has 0 aromatic carbocycles. The van der Waals surface area contributed by atoms with E-state index < -0.39 is 5.54 Å². The minimum Gasteiger partial charge on any atom is -0.370 e. The highest BCUT2D eigenvalue weighted by molar-refractivity contribution is 5.95. The third-order valence-corrected chi connectivity index (χ3v) is 5.46. The van der Waals surface area contributed by atoms with Crippen LogP contribution in [0.2, 0.25) is 0 Å². The average molecular weight is 344 g/mol. The zero-order valence-corrected chi connectivity index (χ0v) is 15.0. The smallest absolute Gasteiger partial charge is 0.251 e. The van der Waals surface area contributed by atoms with Crippen LogP contribution in [0, 0.1) is 5.92 Å². The summed E-state index contributed by atoms with van der Waals surface area (Å²) in [5.74, 6) is 1.01. The van der Waals surface area contributed by atoms with Gasteiger partial charge in [0.25, 0.3) is 5.91 Å². The summed E-state index contributed by atoms with van der Waals surface area (Å²) in [5, 5.41) is 3.12. The Hall–Kier alpha value is -2.11. The summed E-state index contributed by atoms with van der Waals surface area (Å²) in [7, 11) is 0. The van der Waals surface area contributed by atoms with Gasteiger partial charge < -0.3 is 16.0 Å². The number of carbonyl (C=O) groups is 2. The fourth-order valence-corrected chi connectivity index (χ4v) is 4.10. The van der Waals surface area contributed by atoms with E-state index in [1.54, 1.807) is 12.3 Å². The number of hydrogen-bond donors (Lipinski definition) is 2. The van der Waals surface area contributed by atoms with Crippen LogP contribution in [0.25, 0.3) is 0 Å². The van der Waals surface area contributed by atoms with Crippen LogP contribution in [0.5, 0.6) is 0 Å². The number of amides is 2. The Kier molecular flexibility index (Phi) is 5.25. The molecule has 1 atom stereocenters. The number of nitrogens with zero attached hydrogens (tertiary/aromatic N) is 2. The van der Waals surface area contributed by atoms with Gasteiger partial charge in [0.15, 0.2) is 0 Å². The maximum absolute atomic E-state index is 12.8. The van der Waals surface area contributed by atoms with Gasteiger partial charge in [0.1, 0.15) is 5.82 Å². The van der Waals surface area contributed by atoms with Crippen molar-refractivity contribution < 1.29 is 9.59 Å². The lowest BCUT2D eigenvalue weighted by Gasteiger charge is -2.37. The van der Waals surface area contributed by atoms with Crippen LogP contribution >= 0.6 is 0 Å². The standard InChI is InChI=1S/C19H28N4O2/c1-14-6-10-23(13-14)17-11-15(5-9-21-17)18(25)22-19(12-16(20)24)7-3-2-4-8-19/h5,9,11,14H,2-4,6-8,10,12-13H2,1H3,(H2,20,24)(H,22,25). The van der Waals surface area contributed by atoms with Crippen LogP contribution in [-0.2, 0) is 4.79 Å². The fraction of sp³-hybridized carbons (Fsp3) is 0.632. The summed E-state index contributed by atoms with van der Waals surface area (Å²) in [6, 6.07) is 3.59. The van der Waals surface area contributed by atoms with Crippen LogP contribution in [0.3, 0.4) is 0 Å². The van der Waals surface area contributed by atoms with Gasteiger partial charge in [-0.3, -0.25) is 9.59 Å². The van der Waals surface area contributed by atoms with Crippen molar-refractivity contribution in [2.45, 2.75) is 57.4 Å². The summed E-state index contributed by atoms with van der Waals surface area (Å²) < 4.78 is 0. The second-order valence-electron chi connectivity index (χ2n) is 7.68. The van der Waals surface area contributed by atoms with Crippen LogP contribution in [-0.4, -0.2) is 35.4 Å². The molecule has 3 rings (SSSR count). The molecule has 3 N–H and O–H groups in total. The number of rotatable bonds is 5. The van der Waals surface area contributed by atoms with Gasteiger partial charge in [-0.2, -0.15) is 0 Å². The molecule has 1 unspecified atom stereocenters. The molecule has 2 amide bonds. The Bertz CT molecular complexity index is 640. The normalized spacial score (nSPS) is 22.6. The summed E-state index contributed by atoms with van der Waals surface area (Å²) >= 11 is 0. The molecule has 1 aliphatic carbocycles. The summed E-state index contributed by atoms with van der Waals surface area (Å²) in [5.41, 5.74) is 5.54. The van der Waals surface area contributed by atoms with Gasteiger partial charge in [0.05, 0.1) is 0 Å². The zero-order valence-electron chi connectivity index (χ0n) is 15.0. The Morgan fingerprint density at radius 2 is 2.12 bits per heavy atom. The maximum atomic E-state index is 12.8. The van der Waals surface area contributed by atoms with Gasteiger partial charge in [-0.1, -0.05) is 26.2 Å². The monoisotopic (exact) mass is 344 g/mol. The first kappa shape index (κ1) is 17.7. The highest BCUT2D eigenvalue weighted by Crippen LogP contribution is 2.31. The second-order valence-corrected chi connectivity index (χ2v) is 7.68. The molecule has 136 valence electrons. The van der Waals surface area contributed by atoms with E-state index in [0.717, 1.165) is 57.4 Å². The number of pyridine rings is 1. The van der Waals surface area contributed by atoms with Gasteiger partial charge >= 0.3 is 0 Å². The minimum atomic E-state index is -0.493. The molecule has 1 aromatic rings. The largest absolute Gasteiger partial charge is 0.370 e.